The number of nitrogens with one attached hydrogen (secondary N) is 2. The van der Waals surface area contributed by atoms with Gasteiger partial charge in [-0.05, 0) is 56.5 Å². The van der Waals surface area contributed by atoms with E-state index in [9.17, 15) is 13.9 Å². The molecule has 5 rings (SSSR count). The van der Waals surface area contributed by atoms with Gasteiger partial charge in [-0.3, -0.25) is 14.2 Å². The molecular weight excluding hydrogens is 503 g/mol. The third kappa shape index (κ3) is 5.01. The van der Waals surface area contributed by atoms with Gasteiger partial charge in [0.25, 0.3) is 0 Å². The molecular formula is C28H33F5N4O. The van der Waals surface area contributed by atoms with Crippen LogP contribution in [0.1, 0.15) is 43.1 Å². The van der Waals surface area contributed by atoms with Gasteiger partial charge in [-0.1, -0.05) is 6.07 Å². The molecule has 1 saturated heterocycles. The van der Waals surface area contributed by atoms with E-state index in [0.29, 0.717) is 54.6 Å². The summed E-state index contributed by atoms with van der Waals surface area (Å²) in [7, 11) is 0. The Bertz CT molecular complexity index is 1280. The van der Waals surface area contributed by atoms with Crippen molar-refractivity contribution < 1.29 is 27.1 Å². The number of fused-ring (bicyclic) bond motifs is 3. The van der Waals surface area contributed by atoms with E-state index in [1.54, 1.807) is 24.0 Å². The third-order valence-corrected chi connectivity index (χ3v) is 7.71. The van der Waals surface area contributed by atoms with E-state index >= 15 is 13.2 Å². The Labute approximate surface area is 218 Å². The zero-order valence-corrected chi connectivity index (χ0v) is 21.5. The highest BCUT2D eigenvalue weighted by atomic mass is 19.2. The van der Waals surface area contributed by atoms with Gasteiger partial charge in [0.15, 0.2) is 0 Å². The number of aromatic amines is 1. The SMILES string of the molecule is C[C@@H]1Cc2c([nH]c3cccc(F)c23)[C@@H](c2c(F)cc(NC3CN(CCCF)C3)cc2F)N1C[C@@](C)(F)CO. The molecule has 206 valence electrons. The molecule has 3 atom stereocenters. The van der Waals surface area contributed by atoms with E-state index < -0.39 is 41.8 Å². The van der Waals surface area contributed by atoms with E-state index in [2.05, 4.69) is 15.2 Å². The molecule has 1 aromatic heterocycles. The quantitative estimate of drug-likeness (QED) is 0.333. The number of aliphatic hydroxyl groups excluding tert-OH is 1. The number of benzene rings is 2. The van der Waals surface area contributed by atoms with Crippen LogP contribution in [0.5, 0.6) is 0 Å². The number of halogens is 5. The van der Waals surface area contributed by atoms with E-state index in [0.717, 1.165) is 0 Å². The molecule has 0 aliphatic carbocycles. The normalized spacial score (nSPS) is 22.3. The van der Waals surface area contributed by atoms with Crippen LogP contribution in [0.15, 0.2) is 30.3 Å². The highest BCUT2D eigenvalue weighted by molar-refractivity contribution is 5.86. The summed E-state index contributed by atoms with van der Waals surface area (Å²) in [5, 5.41) is 13.1. The summed E-state index contributed by atoms with van der Waals surface area (Å²) in [6, 6.07) is 5.59. The maximum Gasteiger partial charge on any atom is 0.143 e. The van der Waals surface area contributed by atoms with Crippen LogP contribution in [0.4, 0.5) is 27.6 Å². The monoisotopic (exact) mass is 536 g/mol. The fourth-order valence-electron chi connectivity index (χ4n) is 5.85. The average Bonchev–Trinajstić information content (AvgIpc) is 3.21. The van der Waals surface area contributed by atoms with E-state index in [-0.39, 0.29) is 30.5 Å². The van der Waals surface area contributed by atoms with Gasteiger partial charge in [0.2, 0.25) is 0 Å². The number of anilines is 1. The van der Waals surface area contributed by atoms with Crippen LogP contribution < -0.4 is 5.32 Å². The van der Waals surface area contributed by atoms with Gasteiger partial charge in [0.1, 0.15) is 23.1 Å². The number of hydrogen-bond donors (Lipinski definition) is 3. The zero-order chi connectivity index (χ0) is 27.2. The molecule has 1 fully saturated rings. The molecule has 0 radical (unpaired) electrons. The van der Waals surface area contributed by atoms with Crippen molar-refractivity contribution in [2.45, 2.75) is 50.5 Å². The predicted octanol–water partition coefficient (Wildman–Crippen LogP) is 5.10. The van der Waals surface area contributed by atoms with Gasteiger partial charge in [0, 0.05) is 60.1 Å². The third-order valence-electron chi connectivity index (χ3n) is 7.71. The lowest BCUT2D eigenvalue weighted by Crippen LogP contribution is -2.54. The summed E-state index contributed by atoms with van der Waals surface area (Å²) in [4.78, 5) is 6.85. The molecule has 0 saturated carbocycles. The molecule has 0 bridgehead atoms. The maximum absolute atomic E-state index is 15.8. The molecule has 0 spiro atoms. The number of alkyl halides is 2. The summed E-state index contributed by atoms with van der Waals surface area (Å²) in [5.41, 5.74) is -0.475. The van der Waals surface area contributed by atoms with Gasteiger partial charge < -0.3 is 15.4 Å². The summed E-state index contributed by atoms with van der Waals surface area (Å²) in [6.45, 7) is 3.58. The van der Waals surface area contributed by atoms with Gasteiger partial charge >= 0.3 is 0 Å². The Hall–Kier alpha value is -2.69. The van der Waals surface area contributed by atoms with Crippen molar-refractivity contribution in [2.75, 3.05) is 44.8 Å². The first kappa shape index (κ1) is 26.9. The Morgan fingerprint density at radius 1 is 1.13 bits per heavy atom. The van der Waals surface area contributed by atoms with Crippen LogP contribution in [-0.4, -0.2) is 77.1 Å². The van der Waals surface area contributed by atoms with Gasteiger partial charge in [-0.15, -0.1) is 0 Å². The van der Waals surface area contributed by atoms with E-state index in [4.69, 9.17) is 0 Å². The first-order chi connectivity index (χ1) is 18.1. The fraction of sp³-hybridized carbons (Fsp3) is 0.500. The average molecular weight is 537 g/mol. The number of H-pyrrole nitrogens is 1. The van der Waals surface area contributed by atoms with Crippen LogP contribution >= 0.6 is 0 Å². The molecule has 2 aliphatic rings. The van der Waals surface area contributed by atoms with Crippen molar-refractivity contribution in [1.29, 1.82) is 0 Å². The van der Waals surface area contributed by atoms with Crippen LogP contribution in [0.3, 0.4) is 0 Å². The van der Waals surface area contributed by atoms with Gasteiger partial charge in [0.05, 0.1) is 25.4 Å². The first-order valence-electron chi connectivity index (χ1n) is 13.0. The van der Waals surface area contributed by atoms with Crippen molar-refractivity contribution >= 4 is 16.6 Å². The van der Waals surface area contributed by atoms with E-state index in [1.807, 2.05) is 0 Å². The Balaban J connectivity index is 1.52. The van der Waals surface area contributed by atoms with Crippen LogP contribution in [0, 0.1) is 17.5 Å². The lowest BCUT2D eigenvalue weighted by molar-refractivity contribution is 0.0162. The highest BCUT2D eigenvalue weighted by Gasteiger charge is 2.42. The lowest BCUT2D eigenvalue weighted by Gasteiger charge is -2.43. The highest BCUT2D eigenvalue weighted by Crippen LogP contribution is 2.44. The number of hydrogen-bond acceptors (Lipinski definition) is 4. The summed E-state index contributed by atoms with van der Waals surface area (Å²) in [5.74, 6) is -2.05. The number of aromatic nitrogens is 1. The molecule has 3 N–H and O–H groups in total. The largest absolute Gasteiger partial charge is 0.393 e. The minimum Gasteiger partial charge on any atom is -0.393 e. The Morgan fingerprint density at radius 3 is 2.50 bits per heavy atom. The molecule has 3 aromatic rings. The van der Waals surface area contributed by atoms with Crippen LogP contribution in [0.25, 0.3) is 10.9 Å². The summed E-state index contributed by atoms with van der Waals surface area (Å²) >= 11 is 0. The van der Waals surface area contributed by atoms with E-state index in [1.165, 1.54) is 25.1 Å². The number of likely N-dealkylation sites (tertiary alicyclic amines) is 1. The van der Waals surface area contributed by atoms with Crippen molar-refractivity contribution in [3.8, 4) is 0 Å². The maximum atomic E-state index is 15.8. The molecule has 2 aromatic carbocycles. The van der Waals surface area contributed by atoms with Crippen molar-refractivity contribution in [3.63, 3.8) is 0 Å². The molecule has 3 heterocycles. The van der Waals surface area contributed by atoms with Crippen molar-refractivity contribution in [2.24, 2.45) is 0 Å². The number of rotatable bonds is 9. The van der Waals surface area contributed by atoms with Gasteiger partial charge in [-0.2, -0.15) is 0 Å². The van der Waals surface area contributed by atoms with Crippen molar-refractivity contribution in [3.05, 3.63) is 64.6 Å². The molecule has 10 heteroatoms. The minimum absolute atomic E-state index is 0.00875. The fourth-order valence-corrected chi connectivity index (χ4v) is 5.85. The number of aliphatic hydroxyl groups is 1. The smallest absolute Gasteiger partial charge is 0.143 e. The molecule has 0 unspecified atom stereocenters. The van der Waals surface area contributed by atoms with Crippen LogP contribution in [0.2, 0.25) is 0 Å². The predicted molar refractivity (Wildman–Crippen MR) is 137 cm³/mol. The minimum atomic E-state index is -2.02. The number of nitrogens with zero attached hydrogens (tertiary/aromatic N) is 2. The zero-order valence-electron chi connectivity index (χ0n) is 21.5. The first-order valence-corrected chi connectivity index (χ1v) is 13.0. The Kier molecular flexibility index (Phi) is 7.41. The molecule has 0 amide bonds. The van der Waals surface area contributed by atoms with Gasteiger partial charge in [-0.25, -0.2) is 17.6 Å². The Morgan fingerprint density at radius 2 is 1.84 bits per heavy atom. The second-order valence-corrected chi connectivity index (χ2v) is 10.9. The second-order valence-electron chi connectivity index (χ2n) is 10.9. The molecule has 38 heavy (non-hydrogen) atoms. The standard InChI is InChI=1S/C28H33F5N4O/c1-16-9-19-24-20(30)5-3-6-23(24)35-26(19)27(37(16)14-28(2,33)15-38)25-21(31)10-17(11-22(25)32)34-18-12-36(13-18)8-4-7-29/h3,5-6,10-11,16,18,27,34-35,38H,4,7-9,12-15H2,1-2H3/t16-,27-,28-/m1/s1. The summed E-state index contributed by atoms with van der Waals surface area (Å²) < 4.78 is 73.9. The van der Waals surface area contributed by atoms with Crippen LogP contribution in [-0.2, 0) is 6.42 Å². The second kappa shape index (κ2) is 10.5. The lowest BCUT2D eigenvalue weighted by atomic mass is 9.87. The molecule has 2 aliphatic heterocycles. The molecule has 5 nitrogen and oxygen atoms in total. The topological polar surface area (TPSA) is 54.5 Å². The van der Waals surface area contributed by atoms with Crippen molar-refractivity contribution in [1.82, 2.24) is 14.8 Å². The summed E-state index contributed by atoms with van der Waals surface area (Å²) in [6.07, 6.45) is 0.798.